The van der Waals surface area contributed by atoms with Crippen molar-refractivity contribution in [2.45, 2.75) is 11.8 Å². The van der Waals surface area contributed by atoms with E-state index in [1.165, 1.54) is 6.07 Å². The van der Waals surface area contributed by atoms with Crippen molar-refractivity contribution in [3.8, 4) is 0 Å². The maximum Gasteiger partial charge on any atom is 0.240 e. The smallest absolute Gasteiger partial charge is 0.240 e. The lowest BCUT2D eigenvalue weighted by atomic mass is 10.2. The van der Waals surface area contributed by atoms with E-state index in [1.54, 1.807) is 19.1 Å². The van der Waals surface area contributed by atoms with Crippen molar-refractivity contribution >= 4 is 27.6 Å². The lowest BCUT2D eigenvalue weighted by molar-refractivity contribution is 0.479. The second kappa shape index (κ2) is 7.80. The largest absolute Gasteiger partial charge is 0.349 e. The fraction of sp³-hybridized carbons (Fsp3) is 0.500. The predicted molar refractivity (Wildman–Crippen MR) is 91.1 cm³/mol. The number of nitrogens with one attached hydrogen (secondary N) is 1. The summed E-state index contributed by atoms with van der Waals surface area (Å²) in [5.74, 6) is 0.780. The second-order valence-corrected chi connectivity index (χ2v) is 7.45. The Hall–Kier alpha value is -1.31. The highest BCUT2D eigenvalue weighted by molar-refractivity contribution is 7.89. The van der Waals surface area contributed by atoms with Crippen molar-refractivity contribution < 1.29 is 8.42 Å². The minimum absolute atomic E-state index is 0.232. The molecule has 0 unspecified atom stereocenters. The van der Waals surface area contributed by atoms with Gasteiger partial charge in [0.25, 0.3) is 0 Å². The average Bonchev–Trinajstić information content (AvgIpc) is 2.36. The number of aryl methyl sites for hydroxylation is 1. The molecule has 1 aromatic rings. The van der Waals surface area contributed by atoms with Gasteiger partial charge in [-0.05, 0) is 30.7 Å². The Morgan fingerprint density at radius 1 is 1.23 bits per heavy atom. The van der Waals surface area contributed by atoms with Gasteiger partial charge in [0.2, 0.25) is 10.0 Å². The van der Waals surface area contributed by atoms with E-state index in [1.807, 2.05) is 38.0 Å². The lowest BCUT2D eigenvalue weighted by Crippen LogP contribution is -2.36. The number of halogens is 1. The molecule has 0 aliphatic heterocycles. The minimum Gasteiger partial charge on any atom is -0.349 e. The minimum atomic E-state index is -3.55. The zero-order valence-corrected chi connectivity index (χ0v) is 15.2. The quantitative estimate of drug-likeness (QED) is 0.497. The van der Waals surface area contributed by atoms with Crippen LogP contribution in [0.4, 0.5) is 0 Å². The highest BCUT2D eigenvalue weighted by Crippen LogP contribution is 2.19. The number of guanidine groups is 1. The van der Waals surface area contributed by atoms with Crippen molar-refractivity contribution in [1.29, 1.82) is 0 Å². The molecule has 1 N–H and O–H groups in total. The Morgan fingerprint density at radius 3 is 2.32 bits per heavy atom. The Kier molecular flexibility index (Phi) is 6.65. The highest BCUT2D eigenvalue weighted by Gasteiger charge is 2.16. The molecule has 0 heterocycles. The van der Waals surface area contributed by atoms with Gasteiger partial charge in [-0.15, -0.1) is 0 Å². The van der Waals surface area contributed by atoms with E-state index < -0.39 is 10.0 Å². The lowest BCUT2D eigenvalue weighted by Gasteiger charge is -2.22. The molecule has 0 aliphatic carbocycles. The number of benzene rings is 1. The summed E-state index contributed by atoms with van der Waals surface area (Å²) in [4.78, 5) is 8.36. The van der Waals surface area contributed by atoms with E-state index in [2.05, 4.69) is 9.71 Å². The Bertz CT molecular complexity index is 632. The number of rotatable bonds is 5. The van der Waals surface area contributed by atoms with Crippen LogP contribution in [0, 0.1) is 6.92 Å². The van der Waals surface area contributed by atoms with E-state index >= 15 is 0 Å². The molecular formula is C14H23ClN4O2S. The van der Waals surface area contributed by atoms with E-state index in [9.17, 15) is 8.42 Å². The molecule has 0 radical (unpaired) electrons. The molecule has 0 bridgehead atoms. The van der Waals surface area contributed by atoms with Crippen LogP contribution in [0.15, 0.2) is 28.1 Å². The summed E-state index contributed by atoms with van der Waals surface area (Å²) in [7, 11) is 4.00. The normalized spacial score (nSPS) is 11.2. The van der Waals surface area contributed by atoms with Crippen LogP contribution >= 0.6 is 11.6 Å². The van der Waals surface area contributed by atoms with Gasteiger partial charge in [0.15, 0.2) is 5.96 Å². The summed E-state index contributed by atoms with van der Waals surface area (Å²) >= 11 is 5.85. The van der Waals surface area contributed by atoms with Crippen LogP contribution in [0.5, 0.6) is 0 Å². The van der Waals surface area contributed by atoms with Gasteiger partial charge in [0, 0.05) is 39.8 Å². The third-order valence-corrected chi connectivity index (χ3v) is 4.74. The fourth-order valence-electron chi connectivity index (χ4n) is 2.01. The fourth-order valence-corrected chi connectivity index (χ4v) is 3.48. The van der Waals surface area contributed by atoms with E-state index in [0.717, 1.165) is 5.96 Å². The predicted octanol–water partition coefficient (Wildman–Crippen LogP) is 1.41. The SMILES string of the molecule is Cc1cc(Cl)ccc1S(=O)(=O)NCCN=C(N(C)C)N(C)C. The number of nitrogens with zero attached hydrogens (tertiary/aromatic N) is 3. The zero-order valence-electron chi connectivity index (χ0n) is 13.6. The summed E-state index contributed by atoms with van der Waals surface area (Å²) in [6.07, 6.45) is 0. The third kappa shape index (κ3) is 5.15. The van der Waals surface area contributed by atoms with Crippen LogP contribution in [-0.2, 0) is 10.0 Å². The van der Waals surface area contributed by atoms with Gasteiger partial charge in [-0.2, -0.15) is 0 Å². The maximum atomic E-state index is 12.3. The first-order chi connectivity index (χ1) is 10.1. The van der Waals surface area contributed by atoms with E-state index in [-0.39, 0.29) is 11.4 Å². The topological polar surface area (TPSA) is 65.0 Å². The Balaban J connectivity index is 2.73. The van der Waals surface area contributed by atoms with Crippen molar-refractivity contribution in [3.05, 3.63) is 28.8 Å². The van der Waals surface area contributed by atoms with Crippen molar-refractivity contribution in [1.82, 2.24) is 14.5 Å². The van der Waals surface area contributed by atoms with Gasteiger partial charge in [-0.25, -0.2) is 13.1 Å². The van der Waals surface area contributed by atoms with Crippen LogP contribution in [0.3, 0.4) is 0 Å². The molecule has 0 amide bonds. The van der Waals surface area contributed by atoms with Gasteiger partial charge in [0.1, 0.15) is 0 Å². The summed E-state index contributed by atoms with van der Waals surface area (Å²) in [5.41, 5.74) is 0.616. The standard InChI is InChI=1S/C14H23ClN4O2S/c1-11-10-12(15)6-7-13(11)22(20,21)17-9-8-16-14(18(2)3)19(4)5/h6-7,10,17H,8-9H2,1-5H3. The van der Waals surface area contributed by atoms with Gasteiger partial charge in [-0.1, -0.05) is 11.6 Å². The van der Waals surface area contributed by atoms with E-state index in [4.69, 9.17) is 11.6 Å². The first-order valence-electron chi connectivity index (χ1n) is 6.80. The number of aliphatic imine (C=N–C) groups is 1. The van der Waals surface area contributed by atoms with Gasteiger partial charge >= 0.3 is 0 Å². The Morgan fingerprint density at radius 2 is 1.82 bits per heavy atom. The summed E-state index contributed by atoms with van der Waals surface area (Å²) in [6, 6.07) is 4.70. The zero-order chi connectivity index (χ0) is 16.9. The molecule has 0 atom stereocenters. The molecule has 0 aromatic heterocycles. The van der Waals surface area contributed by atoms with Crippen LogP contribution in [0.1, 0.15) is 5.56 Å². The highest BCUT2D eigenvalue weighted by atomic mass is 35.5. The molecule has 1 rings (SSSR count). The first kappa shape index (κ1) is 18.7. The van der Waals surface area contributed by atoms with Crippen LogP contribution in [0.25, 0.3) is 0 Å². The molecule has 0 aliphatic rings. The number of hydrogen-bond donors (Lipinski definition) is 1. The molecule has 6 nitrogen and oxygen atoms in total. The van der Waals surface area contributed by atoms with Crippen molar-refractivity contribution in [3.63, 3.8) is 0 Å². The first-order valence-corrected chi connectivity index (χ1v) is 8.66. The molecule has 0 fully saturated rings. The molecular weight excluding hydrogens is 324 g/mol. The summed E-state index contributed by atoms with van der Waals surface area (Å²) in [5, 5.41) is 0.516. The third-order valence-electron chi connectivity index (χ3n) is 2.88. The Labute approximate surface area is 137 Å². The molecule has 124 valence electrons. The van der Waals surface area contributed by atoms with Crippen molar-refractivity contribution in [2.75, 3.05) is 41.3 Å². The van der Waals surface area contributed by atoms with Gasteiger partial charge in [-0.3, -0.25) is 4.99 Å². The van der Waals surface area contributed by atoms with Crippen LogP contribution < -0.4 is 4.72 Å². The molecule has 22 heavy (non-hydrogen) atoms. The molecule has 0 saturated carbocycles. The summed E-state index contributed by atoms with van der Waals surface area (Å²) < 4.78 is 27.1. The number of sulfonamides is 1. The van der Waals surface area contributed by atoms with Crippen LogP contribution in [-0.4, -0.2) is 65.5 Å². The van der Waals surface area contributed by atoms with E-state index in [0.29, 0.717) is 17.1 Å². The average molecular weight is 347 g/mol. The van der Waals surface area contributed by atoms with Gasteiger partial charge < -0.3 is 9.80 Å². The second-order valence-electron chi connectivity index (χ2n) is 5.28. The van der Waals surface area contributed by atoms with Crippen LogP contribution in [0.2, 0.25) is 5.02 Å². The maximum absolute atomic E-state index is 12.3. The molecule has 0 spiro atoms. The monoisotopic (exact) mass is 346 g/mol. The molecule has 8 heteroatoms. The summed E-state index contributed by atoms with van der Waals surface area (Å²) in [6.45, 7) is 2.31. The molecule has 0 saturated heterocycles. The molecule has 1 aromatic carbocycles. The van der Waals surface area contributed by atoms with Gasteiger partial charge in [0.05, 0.1) is 11.4 Å². The van der Waals surface area contributed by atoms with Crippen molar-refractivity contribution in [2.24, 2.45) is 4.99 Å². The number of hydrogen-bond acceptors (Lipinski definition) is 3.